The Morgan fingerprint density at radius 3 is 2.38 bits per heavy atom. The van der Waals surface area contributed by atoms with E-state index in [1.54, 1.807) is 0 Å². The lowest BCUT2D eigenvalue weighted by Crippen LogP contribution is -2.31. The van der Waals surface area contributed by atoms with Crippen molar-refractivity contribution in [1.82, 2.24) is 5.32 Å². The highest BCUT2D eigenvalue weighted by Gasteiger charge is 2.30. The molecule has 0 spiro atoms. The molecule has 0 aromatic heterocycles. The van der Waals surface area contributed by atoms with E-state index in [0.717, 1.165) is 23.8 Å². The van der Waals surface area contributed by atoms with Crippen LogP contribution in [-0.4, -0.2) is 20.9 Å². The van der Waals surface area contributed by atoms with Crippen LogP contribution in [0.1, 0.15) is 24.1 Å². The van der Waals surface area contributed by atoms with Gasteiger partial charge < -0.3 is 10.1 Å². The molecule has 0 radical (unpaired) electrons. The summed E-state index contributed by atoms with van der Waals surface area (Å²) in [6, 6.07) is 16.4. The fraction of sp³-hybridized carbons (Fsp3) is 0.174. The number of anilines is 1. The largest absolute Gasteiger partial charge is 0.482 e. The van der Waals surface area contributed by atoms with E-state index in [1.807, 2.05) is 37.3 Å². The number of sulfonamides is 1. The maximum Gasteiger partial charge on any atom is 0.416 e. The highest BCUT2D eigenvalue weighted by atomic mass is 35.5. The van der Waals surface area contributed by atoms with Gasteiger partial charge in [0.05, 0.1) is 21.5 Å². The normalized spacial score (nSPS) is 12.6. The average molecular weight is 513 g/mol. The van der Waals surface area contributed by atoms with Crippen molar-refractivity contribution in [2.75, 3.05) is 11.3 Å². The maximum absolute atomic E-state index is 12.9. The van der Waals surface area contributed by atoms with Crippen LogP contribution in [0.25, 0.3) is 0 Å². The molecule has 0 heterocycles. The van der Waals surface area contributed by atoms with Gasteiger partial charge in [-0.3, -0.25) is 9.52 Å². The zero-order valence-electron chi connectivity index (χ0n) is 17.8. The van der Waals surface area contributed by atoms with E-state index in [2.05, 4.69) is 10.0 Å². The van der Waals surface area contributed by atoms with Gasteiger partial charge in [0.25, 0.3) is 15.9 Å². The van der Waals surface area contributed by atoms with Crippen LogP contribution < -0.4 is 14.8 Å². The molecule has 3 aromatic rings. The topological polar surface area (TPSA) is 84.5 Å². The second kappa shape index (κ2) is 10.4. The smallest absolute Gasteiger partial charge is 0.416 e. The first-order valence-electron chi connectivity index (χ1n) is 9.92. The van der Waals surface area contributed by atoms with Crippen LogP contribution in [0.2, 0.25) is 5.02 Å². The first kappa shape index (κ1) is 25.4. The van der Waals surface area contributed by atoms with E-state index in [9.17, 15) is 26.4 Å². The first-order chi connectivity index (χ1) is 16.0. The van der Waals surface area contributed by atoms with Gasteiger partial charge in [0.15, 0.2) is 6.61 Å². The van der Waals surface area contributed by atoms with Crippen LogP contribution in [0.3, 0.4) is 0 Å². The molecule has 0 saturated heterocycles. The van der Waals surface area contributed by atoms with Crippen molar-refractivity contribution in [3.63, 3.8) is 0 Å². The Balaban J connectivity index is 1.64. The molecule has 180 valence electrons. The molecule has 3 aromatic carbocycles. The molecule has 1 atom stereocenters. The molecule has 0 unspecified atom stereocenters. The highest BCUT2D eigenvalue weighted by Crippen LogP contribution is 2.32. The molecule has 0 aliphatic carbocycles. The van der Waals surface area contributed by atoms with Gasteiger partial charge in [0.1, 0.15) is 5.75 Å². The van der Waals surface area contributed by atoms with Crippen molar-refractivity contribution in [2.24, 2.45) is 0 Å². The summed E-state index contributed by atoms with van der Waals surface area (Å²) in [6.45, 7) is 1.46. The maximum atomic E-state index is 12.9. The number of carbonyl (C=O) groups is 1. The molecule has 2 N–H and O–H groups in total. The van der Waals surface area contributed by atoms with Crippen LogP contribution in [0, 0.1) is 0 Å². The molecule has 0 aliphatic heterocycles. The summed E-state index contributed by atoms with van der Waals surface area (Å²) in [5.74, 6) is -0.336. The van der Waals surface area contributed by atoms with Gasteiger partial charge >= 0.3 is 6.18 Å². The van der Waals surface area contributed by atoms with Crippen molar-refractivity contribution in [3.05, 3.63) is 88.9 Å². The zero-order chi connectivity index (χ0) is 24.9. The van der Waals surface area contributed by atoms with Crippen molar-refractivity contribution < 1.29 is 31.1 Å². The van der Waals surface area contributed by atoms with Crippen LogP contribution in [0.15, 0.2) is 77.7 Å². The lowest BCUT2D eigenvalue weighted by molar-refractivity contribution is -0.137. The van der Waals surface area contributed by atoms with Crippen molar-refractivity contribution in [1.29, 1.82) is 0 Å². The quantitative estimate of drug-likeness (QED) is 0.422. The first-order valence-corrected chi connectivity index (χ1v) is 11.8. The van der Waals surface area contributed by atoms with Crippen molar-refractivity contribution in [2.45, 2.75) is 24.0 Å². The van der Waals surface area contributed by atoms with Crippen molar-refractivity contribution >= 4 is 33.2 Å². The third-order valence-corrected chi connectivity index (χ3v) is 6.37. The Labute approximate surface area is 199 Å². The summed E-state index contributed by atoms with van der Waals surface area (Å²) >= 11 is 6.11. The second-order valence-electron chi connectivity index (χ2n) is 7.26. The summed E-state index contributed by atoms with van der Waals surface area (Å²) < 4.78 is 71.3. The molecular weight excluding hydrogens is 493 g/mol. The van der Waals surface area contributed by atoms with Gasteiger partial charge in [0.2, 0.25) is 0 Å². The van der Waals surface area contributed by atoms with Crippen LogP contribution in [0.4, 0.5) is 18.9 Å². The van der Waals surface area contributed by atoms with Crippen LogP contribution in [-0.2, 0) is 21.0 Å². The molecule has 6 nitrogen and oxygen atoms in total. The number of hydrogen-bond donors (Lipinski definition) is 2. The van der Waals surface area contributed by atoms with Gasteiger partial charge in [-0.15, -0.1) is 0 Å². The van der Waals surface area contributed by atoms with Gasteiger partial charge in [-0.2, -0.15) is 13.2 Å². The number of rotatable bonds is 8. The monoisotopic (exact) mass is 512 g/mol. The molecule has 0 bridgehead atoms. The average Bonchev–Trinajstić information content (AvgIpc) is 2.78. The fourth-order valence-electron chi connectivity index (χ4n) is 2.99. The number of halogens is 4. The zero-order valence-corrected chi connectivity index (χ0v) is 19.3. The SMILES string of the molecule is C[C@@H](NC(=O)COc1ccc(S(=O)(=O)Nc2cccc(C(F)(F)F)c2)cc1Cl)c1ccccc1. The summed E-state index contributed by atoms with van der Waals surface area (Å²) in [5.41, 5.74) is -0.332. The fourth-order valence-corrected chi connectivity index (χ4v) is 4.37. The summed E-state index contributed by atoms with van der Waals surface area (Å²) in [6.07, 6.45) is -4.62. The molecule has 11 heteroatoms. The second-order valence-corrected chi connectivity index (χ2v) is 9.35. The van der Waals surface area contributed by atoms with Crippen LogP contribution in [0.5, 0.6) is 5.75 Å². The Morgan fingerprint density at radius 2 is 1.74 bits per heavy atom. The van der Waals surface area contributed by atoms with Gasteiger partial charge in [-0.05, 0) is 48.9 Å². The predicted molar refractivity (Wildman–Crippen MR) is 122 cm³/mol. The lowest BCUT2D eigenvalue weighted by Gasteiger charge is -2.15. The molecule has 0 fully saturated rings. The Morgan fingerprint density at radius 1 is 1.03 bits per heavy atom. The third-order valence-electron chi connectivity index (χ3n) is 4.69. The highest BCUT2D eigenvalue weighted by molar-refractivity contribution is 7.92. The molecule has 3 rings (SSSR count). The molecule has 0 saturated carbocycles. The number of nitrogens with one attached hydrogen (secondary N) is 2. The third kappa shape index (κ3) is 6.64. The molecule has 34 heavy (non-hydrogen) atoms. The van der Waals surface area contributed by atoms with E-state index in [1.165, 1.54) is 18.2 Å². The summed E-state index contributed by atoms with van der Waals surface area (Å²) in [5, 5.41) is 2.68. The van der Waals surface area contributed by atoms with E-state index in [-0.39, 0.29) is 34.0 Å². The van der Waals surface area contributed by atoms with E-state index in [4.69, 9.17) is 16.3 Å². The minimum atomic E-state index is -4.62. The predicted octanol–water partition coefficient (Wildman–Crippen LogP) is 5.42. The minimum absolute atomic E-state index is 0.0715. The molecule has 0 aliphatic rings. The number of amides is 1. The van der Waals surface area contributed by atoms with E-state index >= 15 is 0 Å². The van der Waals surface area contributed by atoms with Gasteiger partial charge in [0, 0.05) is 5.69 Å². The van der Waals surface area contributed by atoms with Crippen LogP contribution >= 0.6 is 11.6 Å². The van der Waals surface area contributed by atoms with Gasteiger partial charge in [-0.25, -0.2) is 8.42 Å². The minimum Gasteiger partial charge on any atom is -0.482 e. The number of alkyl halides is 3. The number of ether oxygens (including phenoxy) is 1. The Bertz CT molecular complexity index is 1270. The summed E-state index contributed by atoms with van der Waals surface area (Å²) in [7, 11) is -4.23. The van der Waals surface area contributed by atoms with Crippen molar-refractivity contribution in [3.8, 4) is 5.75 Å². The number of hydrogen-bond acceptors (Lipinski definition) is 4. The van der Waals surface area contributed by atoms with Gasteiger partial charge in [-0.1, -0.05) is 48.0 Å². The Hall–Kier alpha value is -3.24. The standard InChI is InChI=1S/C23H20ClF3N2O4S/c1-15(16-6-3-2-4-7-16)28-22(30)14-33-21-11-10-19(13-20(21)24)34(31,32)29-18-9-5-8-17(12-18)23(25,26)27/h2-13,15,29H,14H2,1H3,(H,28,30)/t15-/m1/s1. The molecular formula is C23H20ClF3N2O4S. The number of benzene rings is 3. The number of carbonyl (C=O) groups excluding carboxylic acids is 1. The molecule has 1 amide bonds. The lowest BCUT2D eigenvalue weighted by atomic mass is 10.1. The van der Waals surface area contributed by atoms with E-state index < -0.39 is 27.7 Å². The Kier molecular flexibility index (Phi) is 7.73. The van der Waals surface area contributed by atoms with E-state index in [0.29, 0.717) is 6.07 Å². The summed E-state index contributed by atoms with van der Waals surface area (Å²) in [4.78, 5) is 11.9.